The third-order valence-electron chi connectivity index (χ3n) is 2.72. The maximum absolute atomic E-state index is 11.6. The average Bonchev–Trinajstić information content (AvgIpc) is 2.32. The average molecular weight is 273 g/mol. The minimum Gasteiger partial charge on any atom is -0.480 e. The third-order valence-corrected chi connectivity index (χ3v) is 2.72. The zero-order valence-corrected chi connectivity index (χ0v) is 11.7. The van der Waals surface area contributed by atoms with Crippen LogP contribution in [0.2, 0.25) is 0 Å². The van der Waals surface area contributed by atoms with Gasteiger partial charge in [0.1, 0.15) is 17.9 Å². The Hall–Kier alpha value is -1.43. The van der Waals surface area contributed by atoms with Crippen LogP contribution in [0.3, 0.4) is 0 Å². The maximum Gasteiger partial charge on any atom is 0.326 e. The number of carboxylic acid groups (broad SMARTS) is 1. The van der Waals surface area contributed by atoms with Crippen LogP contribution in [-0.4, -0.2) is 40.0 Å². The summed E-state index contributed by atoms with van der Waals surface area (Å²) in [6, 6.07) is -1.13. The number of carboxylic acids is 1. The number of Topliss-reactive ketones (excluding diaryl/α,β-unsaturated/α-hetero) is 1. The van der Waals surface area contributed by atoms with Crippen LogP contribution in [0, 0.1) is 5.92 Å². The molecule has 0 bridgehead atoms. The van der Waals surface area contributed by atoms with Crippen LogP contribution in [0.1, 0.15) is 46.5 Å². The summed E-state index contributed by atoms with van der Waals surface area (Å²) < 4.78 is 0. The molecule has 6 nitrogen and oxygen atoms in total. The molecule has 0 aromatic heterocycles. The topological polar surface area (TPSA) is 104 Å². The predicted octanol–water partition coefficient (Wildman–Crippen LogP) is 0.722. The molecule has 110 valence electrons. The van der Waals surface area contributed by atoms with E-state index in [4.69, 9.17) is 5.11 Å². The smallest absolute Gasteiger partial charge is 0.326 e. The van der Waals surface area contributed by atoms with Gasteiger partial charge in [-0.1, -0.05) is 20.8 Å². The quantitative estimate of drug-likeness (QED) is 0.574. The fourth-order valence-electron chi connectivity index (χ4n) is 1.56. The van der Waals surface area contributed by atoms with E-state index < -0.39 is 24.0 Å². The van der Waals surface area contributed by atoms with Gasteiger partial charge in [0.25, 0.3) is 0 Å². The number of rotatable bonds is 9. The minimum absolute atomic E-state index is 0.0438. The van der Waals surface area contributed by atoms with Gasteiger partial charge in [-0.25, -0.2) is 4.79 Å². The Balaban J connectivity index is 4.37. The first-order valence-corrected chi connectivity index (χ1v) is 6.50. The summed E-state index contributed by atoms with van der Waals surface area (Å²) >= 11 is 0. The fraction of sp³-hybridized carbons (Fsp3) is 0.769. The molecule has 0 radical (unpaired) electrons. The second-order valence-electron chi connectivity index (χ2n) is 4.98. The number of carbonyl (C=O) groups excluding carboxylic acids is 2. The second-order valence-corrected chi connectivity index (χ2v) is 4.98. The molecule has 1 amide bonds. The molecule has 0 rings (SSSR count). The number of aliphatic hydroxyl groups is 1. The number of carbonyl (C=O) groups is 3. The van der Waals surface area contributed by atoms with Crippen LogP contribution < -0.4 is 5.32 Å². The largest absolute Gasteiger partial charge is 0.480 e. The Morgan fingerprint density at radius 3 is 2.21 bits per heavy atom. The van der Waals surface area contributed by atoms with Gasteiger partial charge in [0, 0.05) is 12.8 Å². The van der Waals surface area contributed by atoms with E-state index in [1.165, 1.54) is 0 Å². The number of ketones is 1. The lowest BCUT2D eigenvalue weighted by molar-refractivity contribution is -0.143. The zero-order valence-electron chi connectivity index (χ0n) is 11.7. The predicted molar refractivity (Wildman–Crippen MR) is 69.6 cm³/mol. The minimum atomic E-state index is -1.22. The molecule has 19 heavy (non-hydrogen) atoms. The van der Waals surface area contributed by atoms with E-state index in [1.807, 2.05) is 13.8 Å². The number of hydrogen-bond donors (Lipinski definition) is 3. The molecular weight excluding hydrogens is 250 g/mol. The van der Waals surface area contributed by atoms with Gasteiger partial charge in [0.05, 0.1) is 0 Å². The van der Waals surface area contributed by atoms with Crippen molar-refractivity contribution in [2.75, 3.05) is 0 Å². The molecule has 0 spiro atoms. The Morgan fingerprint density at radius 1 is 1.21 bits per heavy atom. The van der Waals surface area contributed by atoms with Crippen LogP contribution in [0.15, 0.2) is 0 Å². The summed E-state index contributed by atoms with van der Waals surface area (Å²) in [5.74, 6) is -1.83. The number of nitrogens with one attached hydrogen (secondary N) is 1. The van der Waals surface area contributed by atoms with E-state index in [2.05, 4.69) is 5.32 Å². The normalized spacial score (nSPS) is 13.9. The lowest BCUT2D eigenvalue weighted by Gasteiger charge is -2.18. The van der Waals surface area contributed by atoms with E-state index in [9.17, 15) is 19.5 Å². The second kappa shape index (κ2) is 8.63. The van der Waals surface area contributed by atoms with Crippen molar-refractivity contribution in [1.82, 2.24) is 5.32 Å². The molecule has 0 saturated carbocycles. The number of hydrogen-bond acceptors (Lipinski definition) is 4. The van der Waals surface area contributed by atoms with Crippen molar-refractivity contribution >= 4 is 17.7 Å². The number of aliphatic carboxylic acids is 1. The lowest BCUT2D eigenvalue weighted by atomic mass is 10.0. The maximum atomic E-state index is 11.6. The molecular formula is C13H23NO5. The van der Waals surface area contributed by atoms with Gasteiger partial charge in [0.2, 0.25) is 5.91 Å². The highest BCUT2D eigenvalue weighted by atomic mass is 16.4. The molecule has 0 heterocycles. The first kappa shape index (κ1) is 17.6. The third kappa shape index (κ3) is 7.56. The van der Waals surface area contributed by atoms with Crippen LogP contribution >= 0.6 is 0 Å². The summed E-state index contributed by atoms with van der Waals surface area (Å²) in [5.41, 5.74) is 0. The molecule has 0 aliphatic rings. The molecule has 2 atom stereocenters. The van der Waals surface area contributed by atoms with E-state index in [0.717, 1.165) is 0 Å². The first-order valence-electron chi connectivity index (χ1n) is 6.50. The van der Waals surface area contributed by atoms with Gasteiger partial charge in [-0.3, -0.25) is 9.59 Å². The van der Waals surface area contributed by atoms with E-state index in [-0.39, 0.29) is 31.0 Å². The van der Waals surface area contributed by atoms with Crippen LogP contribution in [-0.2, 0) is 14.4 Å². The Labute approximate surface area is 113 Å². The summed E-state index contributed by atoms with van der Waals surface area (Å²) in [6.07, 6.45) is -0.456. The van der Waals surface area contributed by atoms with E-state index >= 15 is 0 Å². The molecule has 0 aliphatic carbocycles. The summed E-state index contributed by atoms with van der Waals surface area (Å²) in [7, 11) is 0. The summed E-state index contributed by atoms with van der Waals surface area (Å²) in [4.78, 5) is 33.7. The van der Waals surface area contributed by atoms with Gasteiger partial charge in [0.15, 0.2) is 0 Å². The Bertz CT molecular complexity index is 327. The van der Waals surface area contributed by atoms with Crippen LogP contribution in [0.5, 0.6) is 0 Å². The Kier molecular flexibility index (Phi) is 7.98. The van der Waals surface area contributed by atoms with Crippen molar-refractivity contribution in [1.29, 1.82) is 0 Å². The molecule has 0 aromatic rings. The van der Waals surface area contributed by atoms with Crippen molar-refractivity contribution in [2.45, 2.75) is 58.6 Å². The van der Waals surface area contributed by atoms with Crippen LogP contribution in [0.25, 0.3) is 0 Å². The molecule has 6 heteroatoms. The molecule has 0 unspecified atom stereocenters. The molecule has 0 aromatic carbocycles. The van der Waals surface area contributed by atoms with Crippen molar-refractivity contribution in [3.05, 3.63) is 0 Å². The first-order chi connectivity index (χ1) is 8.77. The van der Waals surface area contributed by atoms with Gasteiger partial charge >= 0.3 is 5.97 Å². The SMILES string of the molecule is CCC(=O)CC[C@@H](NC(=O)[C@@H](O)CC(C)C)C(=O)O. The molecule has 0 aliphatic heterocycles. The van der Waals surface area contributed by atoms with Crippen LogP contribution in [0.4, 0.5) is 0 Å². The standard InChI is InChI=1S/C13H23NO5/c1-4-9(15)5-6-10(13(18)19)14-12(17)11(16)7-8(2)3/h8,10-11,16H,4-7H2,1-3H3,(H,14,17)(H,18,19)/t10-,11+/m1/s1. The van der Waals surface area contributed by atoms with Crippen molar-refractivity contribution in [3.63, 3.8) is 0 Å². The highest BCUT2D eigenvalue weighted by Crippen LogP contribution is 2.06. The Morgan fingerprint density at radius 2 is 1.79 bits per heavy atom. The monoisotopic (exact) mass is 273 g/mol. The molecule has 0 fully saturated rings. The van der Waals surface area contributed by atoms with Gasteiger partial charge < -0.3 is 15.5 Å². The zero-order chi connectivity index (χ0) is 15.0. The summed E-state index contributed by atoms with van der Waals surface area (Å²) in [5, 5.41) is 20.8. The number of aliphatic hydroxyl groups excluding tert-OH is 1. The molecule has 0 saturated heterocycles. The van der Waals surface area contributed by atoms with Gasteiger partial charge in [-0.15, -0.1) is 0 Å². The fourth-order valence-corrected chi connectivity index (χ4v) is 1.56. The highest BCUT2D eigenvalue weighted by Gasteiger charge is 2.24. The molecule has 3 N–H and O–H groups in total. The summed E-state index contributed by atoms with van der Waals surface area (Å²) in [6.45, 7) is 5.40. The van der Waals surface area contributed by atoms with E-state index in [1.54, 1.807) is 6.92 Å². The van der Waals surface area contributed by atoms with Gasteiger partial charge in [-0.2, -0.15) is 0 Å². The van der Waals surface area contributed by atoms with Crippen molar-refractivity contribution in [2.24, 2.45) is 5.92 Å². The van der Waals surface area contributed by atoms with Crippen molar-refractivity contribution < 1.29 is 24.6 Å². The lowest BCUT2D eigenvalue weighted by Crippen LogP contribution is -2.46. The highest BCUT2D eigenvalue weighted by molar-refractivity contribution is 5.86. The van der Waals surface area contributed by atoms with E-state index in [0.29, 0.717) is 6.42 Å². The van der Waals surface area contributed by atoms with Crippen molar-refractivity contribution in [3.8, 4) is 0 Å². The van der Waals surface area contributed by atoms with Gasteiger partial charge in [-0.05, 0) is 18.8 Å². The number of amides is 1.